The first-order valence-corrected chi connectivity index (χ1v) is 7.21. The minimum Gasteiger partial charge on any atom is -0.205 e. The lowest BCUT2D eigenvalue weighted by Crippen LogP contribution is -2.23. The van der Waals surface area contributed by atoms with E-state index in [-0.39, 0.29) is 10.9 Å². The van der Waals surface area contributed by atoms with Crippen LogP contribution in [0.25, 0.3) is 0 Å². The highest BCUT2D eigenvalue weighted by atomic mass is 32.2. The van der Waals surface area contributed by atoms with Crippen LogP contribution < -0.4 is 4.72 Å². The van der Waals surface area contributed by atoms with Crippen molar-refractivity contribution < 1.29 is 8.42 Å². The van der Waals surface area contributed by atoms with E-state index in [1.807, 2.05) is 30.3 Å². The van der Waals surface area contributed by atoms with E-state index >= 15 is 0 Å². The molecule has 1 aromatic heterocycles. The standard InChI is InChI=1S/C10H11N3O2S2/c1-8-12-13-10(16-8)17(14,15)11-7-9-5-3-2-4-6-9/h2-6,11H,7H2,1H3. The van der Waals surface area contributed by atoms with Crippen LogP contribution in [0.15, 0.2) is 34.7 Å². The second kappa shape index (κ2) is 4.91. The molecule has 2 rings (SSSR count). The van der Waals surface area contributed by atoms with E-state index in [1.54, 1.807) is 6.92 Å². The number of rotatable bonds is 4. The zero-order valence-electron chi connectivity index (χ0n) is 9.12. The van der Waals surface area contributed by atoms with Gasteiger partial charge in [-0.1, -0.05) is 41.7 Å². The molecule has 1 aromatic carbocycles. The van der Waals surface area contributed by atoms with Gasteiger partial charge in [0.25, 0.3) is 10.0 Å². The number of nitrogens with one attached hydrogen (secondary N) is 1. The predicted molar refractivity (Wildman–Crippen MR) is 65.1 cm³/mol. The molecule has 0 radical (unpaired) electrons. The molecule has 0 aliphatic rings. The van der Waals surface area contributed by atoms with Crippen molar-refractivity contribution in [1.29, 1.82) is 0 Å². The largest absolute Gasteiger partial charge is 0.270 e. The fourth-order valence-electron chi connectivity index (χ4n) is 1.22. The van der Waals surface area contributed by atoms with Gasteiger partial charge >= 0.3 is 0 Å². The molecule has 90 valence electrons. The average molecular weight is 269 g/mol. The summed E-state index contributed by atoms with van der Waals surface area (Å²) >= 11 is 1.06. The highest BCUT2D eigenvalue weighted by molar-refractivity contribution is 7.91. The van der Waals surface area contributed by atoms with Gasteiger partial charge in [-0.3, -0.25) is 0 Å². The first-order valence-electron chi connectivity index (χ1n) is 4.91. The van der Waals surface area contributed by atoms with Crippen LogP contribution in [0.1, 0.15) is 10.6 Å². The van der Waals surface area contributed by atoms with Crippen LogP contribution in [0.3, 0.4) is 0 Å². The van der Waals surface area contributed by atoms with E-state index in [1.165, 1.54) is 0 Å². The summed E-state index contributed by atoms with van der Waals surface area (Å²) < 4.78 is 26.1. The van der Waals surface area contributed by atoms with E-state index in [2.05, 4.69) is 14.9 Å². The molecular formula is C10H11N3O2S2. The predicted octanol–water partition coefficient (Wildman–Crippen LogP) is 1.33. The maximum atomic E-state index is 11.8. The van der Waals surface area contributed by atoms with Crippen LogP contribution in [-0.2, 0) is 16.6 Å². The number of hydrogen-bond donors (Lipinski definition) is 1. The van der Waals surface area contributed by atoms with Crippen LogP contribution in [0.2, 0.25) is 0 Å². The Balaban J connectivity index is 2.09. The fraction of sp³-hybridized carbons (Fsp3) is 0.200. The van der Waals surface area contributed by atoms with Gasteiger partial charge in [0.05, 0.1) is 0 Å². The van der Waals surface area contributed by atoms with Gasteiger partial charge in [-0.2, -0.15) is 0 Å². The van der Waals surface area contributed by atoms with Crippen molar-refractivity contribution in [2.24, 2.45) is 0 Å². The van der Waals surface area contributed by atoms with Gasteiger partial charge in [-0.15, -0.1) is 10.2 Å². The van der Waals surface area contributed by atoms with Gasteiger partial charge in [-0.05, 0) is 12.5 Å². The first-order chi connectivity index (χ1) is 8.08. The van der Waals surface area contributed by atoms with Gasteiger partial charge < -0.3 is 0 Å². The lowest BCUT2D eigenvalue weighted by Gasteiger charge is -2.02. The molecule has 1 heterocycles. The summed E-state index contributed by atoms with van der Waals surface area (Å²) in [5, 5.41) is 7.93. The summed E-state index contributed by atoms with van der Waals surface area (Å²) in [6.45, 7) is 1.97. The van der Waals surface area contributed by atoms with Crippen LogP contribution in [0.5, 0.6) is 0 Å². The summed E-state index contributed by atoms with van der Waals surface area (Å²) in [6, 6.07) is 9.31. The van der Waals surface area contributed by atoms with Gasteiger partial charge in [0.2, 0.25) is 4.34 Å². The minimum atomic E-state index is -3.54. The van der Waals surface area contributed by atoms with Crippen molar-refractivity contribution in [2.45, 2.75) is 17.8 Å². The molecule has 0 bridgehead atoms. The molecule has 17 heavy (non-hydrogen) atoms. The summed E-state index contributed by atoms with van der Waals surface area (Å²) in [5.41, 5.74) is 0.900. The number of sulfonamides is 1. The molecule has 5 nitrogen and oxygen atoms in total. The Morgan fingerprint density at radius 2 is 1.94 bits per heavy atom. The van der Waals surface area contributed by atoms with Crippen molar-refractivity contribution in [2.75, 3.05) is 0 Å². The third-order valence-corrected chi connectivity index (χ3v) is 4.65. The maximum absolute atomic E-state index is 11.8. The van der Waals surface area contributed by atoms with E-state index in [4.69, 9.17) is 0 Å². The lowest BCUT2D eigenvalue weighted by atomic mass is 10.2. The van der Waals surface area contributed by atoms with Gasteiger partial charge in [-0.25, -0.2) is 13.1 Å². The third-order valence-electron chi connectivity index (χ3n) is 2.05. The summed E-state index contributed by atoms with van der Waals surface area (Å²) in [4.78, 5) is 0. The van der Waals surface area contributed by atoms with E-state index in [0.29, 0.717) is 5.01 Å². The SMILES string of the molecule is Cc1nnc(S(=O)(=O)NCc2ccccc2)s1. The van der Waals surface area contributed by atoms with E-state index in [9.17, 15) is 8.42 Å². The Morgan fingerprint density at radius 1 is 1.24 bits per heavy atom. The summed E-state index contributed by atoms with van der Waals surface area (Å²) in [7, 11) is -3.54. The lowest BCUT2D eigenvalue weighted by molar-refractivity contribution is 0.579. The zero-order chi connectivity index (χ0) is 12.3. The van der Waals surface area contributed by atoms with Crippen LogP contribution in [-0.4, -0.2) is 18.6 Å². The molecule has 0 saturated heterocycles. The Labute approximate surface area is 104 Å². The van der Waals surface area contributed by atoms with Gasteiger partial charge in [0, 0.05) is 6.54 Å². The number of aromatic nitrogens is 2. The molecular weight excluding hydrogens is 258 g/mol. The fourth-order valence-corrected chi connectivity index (χ4v) is 3.24. The smallest absolute Gasteiger partial charge is 0.205 e. The van der Waals surface area contributed by atoms with E-state index < -0.39 is 10.0 Å². The van der Waals surface area contributed by atoms with E-state index in [0.717, 1.165) is 16.9 Å². The highest BCUT2D eigenvalue weighted by Gasteiger charge is 2.18. The van der Waals surface area contributed by atoms with Crippen LogP contribution in [0.4, 0.5) is 0 Å². The Bertz CT molecular complexity index is 593. The van der Waals surface area contributed by atoms with Crippen molar-refractivity contribution in [3.63, 3.8) is 0 Å². The van der Waals surface area contributed by atoms with Crippen LogP contribution in [0, 0.1) is 6.92 Å². The molecule has 2 aromatic rings. The zero-order valence-corrected chi connectivity index (χ0v) is 10.8. The highest BCUT2D eigenvalue weighted by Crippen LogP contribution is 2.14. The van der Waals surface area contributed by atoms with Crippen molar-refractivity contribution in [3.8, 4) is 0 Å². The van der Waals surface area contributed by atoms with Crippen molar-refractivity contribution >= 4 is 21.4 Å². The molecule has 0 unspecified atom stereocenters. The Hall–Kier alpha value is -1.31. The number of aryl methyl sites for hydroxylation is 1. The molecule has 1 N–H and O–H groups in total. The molecule has 0 spiro atoms. The average Bonchev–Trinajstić information content (AvgIpc) is 2.76. The second-order valence-corrected chi connectivity index (χ2v) is 6.52. The molecule has 0 aliphatic heterocycles. The number of benzene rings is 1. The van der Waals surface area contributed by atoms with Gasteiger partial charge in [0.1, 0.15) is 5.01 Å². The normalized spacial score (nSPS) is 11.6. The number of hydrogen-bond acceptors (Lipinski definition) is 5. The quantitative estimate of drug-likeness (QED) is 0.908. The molecule has 0 aliphatic carbocycles. The molecule has 0 atom stereocenters. The Kier molecular flexibility index (Phi) is 3.51. The second-order valence-electron chi connectivity index (χ2n) is 3.40. The summed E-state index contributed by atoms with van der Waals surface area (Å²) in [5.74, 6) is 0. The van der Waals surface area contributed by atoms with Gasteiger partial charge in [0.15, 0.2) is 0 Å². The molecule has 7 heteroatoms. The van der Waals surface area contributed by atoms with Crippen molar-refractivity contribution in [3.05, 3.63) is 40.9 Å². The molecule has 0 fully saturated rings. The van der Waals surface area contributed by atoms with Crippen LogP contribution >= 0.6 is 11.3 Å². The third kappa shape index (κ3) is 3.09. The number of nitrogens with zero attached hydrogens (tertiary/aromatic N) is 2. The Morgan fingerprint density at radius 3 is 2.53 bits per heavy atom. The summed E-state index contributed by atoms with van der Waals surface area (Å²) in [6.07, 6.45) is 0. The topological polar surface area (TPSA) is 72.0 Å². The molecule has 0 saturated carbocycles. The van der Waals surface area contributed by atoms with Crippen molar-refractivity contribution in [1.82, 2.24) is 14.9 Å². The minimum absolute atomic E-state index is 0.00549. The monoisotopic (exact) mass is 269 g/mol. The first kappa shape index (κ1) is 12.2. The maximum Gasteiger partial charge on any atom is 0.270 e. The molecule has 0 amide bonds.